The first-order valence-corrected chi connectivity index (χ1v) is 12.0. The summed E-state index contributed by atoms with van der Waals surface area (Å²) in [5, 5.41) is 12.4. The van der Waals surface area contributed by atoms with Gasteiger partial charge in [-0.15, -0.1) is 0 Å². The highest BCUT2D eigenvalue weighted by Crippen LogP contribution is 2.38. The van der Waals surface area contributed by atoms with Crippen LogP contribution in [0.3, 0.4) is 0 Å². The van der Waals surface area contributed by atoms with E-state index in [1.165, 1.54) is 11.3 Å². The number of benzene rings is 2. The molecule has 3 heterocycles. The molecule has 1 fully saturated rings. The van der Waals surface area contributed by atoms with E-state index in [0.717, 1.165) is 34.4 Å². The van der Waals surface area contributed by atoms with E-state index in [1.54, 1.807) is 25.0 Å². The predicted molar refractivity (Wildman–Crippen MR) is 136 cm³/mol. The number of fused-ring (bicyclic) bond motifs is 2. The van der Waals surface area contributed by atoms with Crippen LogP contribution in [0.1, 0.15) is 24.2 Å². The van der Waals surface area contributed by atoms with Gasteiger partial charge in [0.25, 0.3) is 11.1 Å². The number of carbonyl (C=O) groups is 1. The molecule has 1 saturated heterocycles. The first kappa shape index (κ1) is 22.4. The maximum atomic E-state index is 13.4. The quantitative estimate of drug-likeness (QED) is 0.450. The molecule has 2 aromatic carbocycles. The number of nitrogens with zero attached hydrogens (tertiary/aromatic N) is 4. The van der Waals surface area contributed by atoms with E-state index >= 15 is 0 Å². The third kappa shape index (κ3) is 4.03. The molecule has 0 aliphatic carbocycles. The number of nitrogens with one attached hydrogen (secondary N) is 2. The highest BCUT2D eigenvalue weighted by Gasteiger charge is 2.26. The number of carbonyl (C=O) groups excluding carboxylic acids is 1. The molecule has 2 N–H and O–H groups in total. The molecule has 0 bridgehead atoms. The number of ether oxygens (including phenoxy) is 2. The monoisotopic (exact) mass is 480 g/mol. The third-order valence-corrected chi connectivity index (χ3v) is 7.03. The lowest BCUT2D eigenvalue weighted by atomic mass is 10.1. The summed E-state index contributed by atoms with van der Waals surface area (Å²) in [7, 11) is 5.05. The number of anilines is 2. The molecule has 0 saturated carbocycles. The van der Waals surface area contributed by atoms with Gasteiger partial charge < -0.3 is 25.0 Å². The van der Waals surface area contributed by atoms with E-state index in [-0.39, 0.29) is 5.91 Å². The molecular weight excluding hydrogens is 452 g/mol. The lowest BCUT2D eigenvalue weighted by Crippen LogP contribution is -2.54. The second kappa shape index (κ2) is 8.77. The molecule has 9 nitrogen and oxygen atoms in total. The Kier molecular flexibility index (Phi) is 5.78. The van der Waals surface area contributed by atoms with Crippen molar-refractivity contribution in [2.45, 2.75) is 25.9 Å². The Morgan fingerprint density at radius 3 is 2.62 bits per heavy atom. The van der Waals surface area contributed by atoms with Gasteiger partial charge in [0, 0.05) is 55.6 Å². The summed E-state index contributed by atoms with van der Waals surface area (Å²) in [5.74, 6) is 0.364. The fourth-order valence-electron chi connectivity index (χ4n) is 4.67. The summed E-state index contributed by atoms with van der Waals surface area (Å²) >= 11 is 1.46. The molecule has 4 aromatic rings. The zero-order chi connectivity index (χ0) is 24.0. The topological polar surface area (TPSA) is 93.5 Å². The molecule has 5 rings (SSSR count). The average molecular weight is 481 g/mol. The van der Waals surface area contributed by atoms with Crippen LogP contribution in [-0.4, -0.2) is 60.1 Å². The van der Waals surface area contributed by atoms with Crippen LogP contribution in [0.15, 0.2) is 30.5 Å². The smallest absolute Gasteiger partial charge is 0.274 e. The molecule has 0 unspecified atom stereocenters. The predicted octanol–water partition coefficient (Wildman–Crippen LogP) is 3.64. The molecule has 2 atom stereocenters. The first-order valence-electron chi connectivity index (χ1n) is 11.2. The van der Waals surface area contributed by atoms with E-state index in [0.29, 0.717) is 39.8 Å². The Morgan fingerprint density at radius 1 is 1.15 bits per heavy atom. The van der Waals surface area contributed by atoms with Gasteiger partial charge in [-0.05, 0) is 32.0 Å². The van der Waals surface area contributed by atoms with Gasteiger partial charge >= 0.3 is 0 Å². The van der Waals surface area contributed by atoms with E-state index < -0.39 is 0 Å². The van der Waals surface area contributed by atoms with Crippen molar-refractivity contribution in [2.75, 3.05) is 37.5 Å². The van der Waals surface area contributed by atoms with Crippen molar-refractivity contribution in [2.24, 2.45) is 7.05 Å². The Balaban J connectivity index is 1.52. The summed E-state index contributed by atoms with van der Waals surface area (Å²) in [6.07, 6.45) is 1.89. The molecule has 0 spiro atoms. The van der Waals surface area contributed by atoms with Crippen molar-refractivity contribution in [3.05, 3.63) is 36.0 Å². The summed E-state index contributed by atoms with van der Waals surface area (Å²) in [5.41, 5.74) is 3.60. The van der Waals surface area contributed by atoms with Crippen LogP contribution in [0.25, 0.3) is 21.1 Å². The van der Waals surface area contributed by atoms with Crippen molar-refractivity contribution in [3.8, 4) is 10.9 Å². The molecule has 1 amide bonds. The van der Waals surface area contributed by atoms with Crippen LogP contribution in [0.4, 0.5) is 11.4 Å². The van der Waals surface area contributed by atoms with Gasteiger partial charge in [-0.3, -0.25) is 9.48 Å². The molecule has 2 aromatic heterocycles. The Hall–Kier alpha value is -3.37. The molecule has 1 aliphatic heterocycles. The molecule has 1 aliphatic rings. The van der Waals surface area contributed by atoms with Crippen LogP contribution in [0, 0.1) is 0 Å². The lowest BCUT2D eigenvalue weighted by Gasteiger charge is -2.37. The van der Waals surface area contributed by atoms with Crippen LogP contribution in [-0.2, 0) is 7.05 Å². The van der Waals surface area contributed by atoms with Gasteiger partial charge in [-0.1, -0.05) is 11.3 Å². The van der Waals surface area contributed by atoms with Gasteiger partial charge in [0.1, 0.15) is 16.8 Å². The fourth-order valence-corrected chi connectivity index (χ4v) is 5.61. The Morgan fingerprint density at radius 2 is 1.91 bits per heavy atom. The van der Waals surface area contributed by atoms with E-state index in [4.69, 9.17) is 9.47 Å². The van der Waals surface area contributed by atoms with Crippen LogP contribution in [0.5, 0.6) is 10.9 Å². The Bertz CT molecular complexity index is 1370. The molecule has 34 heavy (non-hydrogen) atoms. The van der Waals surface area contributed by atoms with Crippen molar-refractivity contribution in [1.29, 1.82) is 0 Å². The van der Waals surface area contributed by atoms with Crippen LogP contribution < -0.4 is 25.0 Å². The summed E-state index contributed by atoms with van der Waals surface area (Å²) < 4.78 is 13.6. The fraction of sp³-hybridized carbons (Fsp3) is 0.375. The minimum atomic E-state index is -0.239. The number of amides is 1. The second-order valence-electron chi connectivity index (χ2n) is 8.74. The first-order chi connectivity index (χ1) is 16.4. The summed E-state index contributed by atoms with van der Waals surface area (Å²) in [4.78, 5) is 20.4. The second-order valence-corrected chi connectivity index (χ2v) is 9.70. The minimum absolute atomic E-state index is 0.239. The standard InChI is InChI=1S/C24H28N6O3S/c1-13-10-30(11-14(2)25-13)18-7-6-17(21-22(18)34-24(27-21)33-5)23(31)26-16-8-15-12-29(3)28-20(15)19(9-16)32-4/h6-9,12-14,25H,10-11H2,1-5H3,(H,26,31)/t13-,14-/m0/s1. The minimum Gasteiger partial charge on any atom is -0.494 e. The van der Waals surface area contributed by atoms with Crippen molar-refractivity contribution in [3.63, 3.8) is 0 Å². The number of aryl methyl sites for hydroxylation is 1. The van der Waals surface area contributed by atoms with Crippen LogP contribution in [0.2, 0.25) is 0 Å². The SMILES string of the molecule is COc1nc2c(C(=O)Nc3cc(OC)c4nn(C)cc4c3)ccc(N3C[C@H](C)N[C@@H](C)C3)c2s1. The van der Waals surface area contributed by atoms with Gasteiger partial charge in [-0.2, -0.15) is 5.10 Å². The maximum absolute atomic E-state index is 13.4. The largest absolute Gasteiger partial charge is 0.494 e. The molecule has 10 heteroatoms. The van der Waals surface area contributed by atoms with Gasteiger partial charge in [0.2, 0.25) is 0 Å². The van der Waals surface area contributed by atoms with Gasteiger partial charge in [0.15, 0.2) is 0 Å². The molecule has 178 valence electrons. The highest BCUT2D eigenvalue weighted by molar-refractivity contribution is 7.21. The van der Waals surface area contributed by atoms with Crippen molar-refractivity contribution in [1.82, 2.24) is 20.1 Å². The van der Waals surface area contributed by atoms with Crippen molar-refractivity contribution >= 4 is 49.7 Å². The van der Waals surface area contributed by atoms with Gasteiger partial charge in [0.05, 0.1) is 30.2 Å². The Labute approximate surface area is 201 Å². The summed E-state index contributed by atoms with van der Waals surface area (Å²) in [6.45, 7) is 6.14. The zero-order valence-corrected chi connectivity index (χ0v) is 20.7. The highest BCUT2D eigenvalue weighted by atomic mass is 32.1. The van der Waals surface area contributed by atoms with E-state index in [1.807, 2.05) is 31.4 Å². The normalized spacial score (nSPS) is 18.4. The van der Waals surface area contributed by atoms with E-state index in [2.05, 4.69) is 39.5 Å². The maximum Gasteiger partial charge on any atom is 0.274 e. The van der Waals surface area contributed by atoms with Gasteiger partial charge in [-0.25, -0.2) is 4.98 Å². The lowest BCUT2D eigenvalue weighted by molar-refractivity contribution is 0.102. The number of hydrogen-bond acceptors (Lipinski definition) is 8. The number of piperazine rings is 1. The summed E-state index contributed by atoms with van der Waals surface area (Å²) in [6, 6.07) is 8.28. The van der Waals surface area contributed by atoms with Crippen molar-refractivity contribution < 1.29 is 14.3 Å². The number of rotatable bonds is 5. The number of hydrogen-bond donors (Lipinski definition) is 2. The van der Waals surface area contributed by atoms with Crippen LogP contribution >= 0.6 is 11.3 Å². The molecular formula is C24H28N6O3S. The third-order valence-electron chi connectivity index (χ3n) is 5.99. The average Bonchev–Trinajstić information content (AvgIpc) is 3.39. The number of aromatic nitrogens is 3. The van der Waals surface area contributed by atoms with E-state index in [9.17, 15) is 4.79 Å². The number of thiazole rings is 1. The zero-order valence-electron chi connectivity index (χ0n) is 19.9. The molecule has 0 radical (unpaired) electrons. The number of methoxy groups -OCH3 is 2.